The molecule has 8 heteroatoms. The molecule has 0 radical (unpaired) electrons. The van der Waals surface area contributed by atoms with Gasteiger partial charge in [-0.1, -0.05) is 11.6 Å². The Morgan fingerprint density at radius 2 is 2.11 bits per heavy atom. The minimum atomic E-state index is 0.0809. The highest BCUT2D eigenvalue weighted by Crippen LogP contribution is 2.26. The molecular weight excluding hydrogens is 322 g/mol. The summed E-state index contributed by atoms with van der Waals surface area (Å²) in [6, 6.07) is 5.49. The molecule has 0 amide bonds. The smallest absolute Gasteiger partial charge is 0.322 e. The number of methoxy groups -OCH3 is 1. The number of anilines is 3. The van der Waals surface area contributed by atoms with Gasteiger partial charge >= 0.3 is 6.01 Å². The van der Waals surface area contributed by atoms with Crippen LogP contribution in [0.25, 0.3) is 0 Å². The van der Waals surface area contributed by atoms with Crippen LogP contribution < -0.4 is 15.8 Å². The molecular formula is C10H9BrClN5O. The number of nitrogen functional groups attached to an aromatic ring is 1. The lowest BCUT2D eigenvalue weighted by Gasteiger charge is -2.07. The number of aromatic nitrogens is 3. The van der Waals surface area contributed by atoms with Crippen LogP contribution in [0.1, 0.15) is 0 Å². The lowest BCUT2D eigenvalue weighted by Crippen LogP contribution is -2.05. The van der Waals surface area contributed by atoms with Crippen LogP contribution in [0.4, 0.5) is 17.6 Å². The molecule has 1 heterocycles. The second-order valence-corrected chi connectivity index (χ2v) is 4.52. The maximum atomic E-state index is 5.90. The van der Waals surface area contributed by atoms with E-state index in [1.54, 1.807) is 18.2 Å². The van der Waals surface area contributed by atoms with Crippen LogP contribution in [0.3, 0.4) is 0 Å². The first-order valence-electron chi connectivity index (χ1n) is 4.86. The SMILES string of the molecule is COc1nc(N)nc(Nc2ccc(Cl)c(Br)c2)n1. The van der Waals surface area contributed by atoms with E-state index in [1.807, 2.05) is 0 Å². The van der Waals surface area contributed by atoms with Crippen LogP contribution in [-0.2, 0) is 0 Å². The minimum Gasteiger partial charge on any atom is -0.467 e. The Morgan fingerprint density at radius 3 is 2.78 bits per heavy atom. The lowest BCUT2D eigenvalue weighted by atomic mass is 10.3. The summed E-state index contributed by atoms with van der Waals surface area (Å²) < 4.78 is 5.67. The van der Waals surface area contributed by atoms with Crippen molar-refractivity contribution in [3.8, 4) is 6.01 Å². The van der Waals surface area contributed by atoms with Crippen LogP contribution in [-0.4, -0.2) is 22.1 Å². The van der Waals surface area contributed by atoms with Gasteiger partial charge in [-0.2, -0.15) is 15.0 Å². The molecule has 94 valence electrons. The standard InChI is InChI=1S/C10H9BrClN5O/c1-18-10-16-8(13)15-9(17-10)14-5-2-3-7(12)6(11)4-5/h2-4H,1H3,(H3,13,14,15,16,17). The van der Waals surface area contributed by atoms with E-state index >= 15 is 0 Å². The highest BCUT2D eigenvalue weighted by molar-refractivity contribution is 9.10. The summed E-state index contributed by atoms with van der Waals surface area (Å²) >= 11 is 9.23. The molecule has 1 aromatic carbocycles. The van der Waals surface area contributed by atoms with Gasteiger partial charge in [-0.05, 0) is 34.1 Å². The topological polar surface area (TPSA) is 86.0 Å². The van der Waals surface area contributed by atoms with Gasteiger partial charge in [0.25, 0.3) is 0 Å². The van der Waals surface area contributed by atoms with Gasteiger partial charge in [-0.15, -0.1) is 0 Å². The molecule has 0 fully saturated rings. The van der Waals surface area contributed by atoms with Gasteiger partial charge in [0.1, 0.15) is 0 Å². The van der Waals surface area contributed by atoms with Gasteiger partial charge in [0.05, 0.1) is 12.1 Å². The third kappa shape index (κ3) is 2.99. The molecule has 18 heavy (non-hydrogen) atoms. The summed E-state index contributed by atoms with van der Waals surface area (Å²) in [5.74, 6) is 0.381. The van der Waals surface area contributed by atoms with Crippen molar-refractivity contribution in [3.63, 3.8) is 0 Å². The number of hydrogen-bond acceptors (Lipinski definition) is 6. The number of halogens is 2. The molecule has 1 aromatic heterocycles. The first kappa shape index (κ1) is 12.8. The second-order valence-electron chi connectivity index (χ2n) is 3.26. The number of ether oxygens (including phenoxy) is 1. The van der Waals surface area contributed by atoms with Crippen LogP contribution in [0.2, 0.25) is 5.02 Å². The van der Waals surface area contributed by atoms with Crippen molar-refractivity contribution in [1.82, 2.24) is 15.0 Å². The molecule has 0 aliphatic carbocycles. The molecule has 2 rings (SSSR count). The summed E-state index contributed by atoms with van der Waals surface area (Å²) in [5.41, 5.74) is 6.29. The zero-order valence-corrected chi connectivity index (χ0v) is 11.7. The average molecular weight is 331 g/mol. The summed E-state index contributed by atoms with van der Waals surface area (Å²) in [6.45, 7) is 0. The monoisotopic (exact) mass is 329 g/mol. The van der Waals surface area contributed by atoms with E-state index in [0.717, 1.165) is 10.2 Å². The third-order valence-electron chi connectivity index (χ3n) is 1.99. The van der Waals surface area contributed by atoms with Gasteiger partial charge in [-0.25, -0.2) is 0 Å². The fourth-order valence-corrected chi connectivity index (χ4v) is 1.72. The Labute approximate surface area is 117 Å². The fourth-order valence-electron chi connectivity index (χ4n) is 1.22. The first-order valence-corrected chi connectivity index (χ1v) is 6.03. The number of benzene rings is 1. The van der Waals surface area contributed by atoms with Crippen LogP contribution in [0.5, 0.6) is 6.01 Å². The quantitative estimate of drug-likeness (QED) is 0.899. The summed E-state index contributed by atoms with van der Waals surface area (Å²) in [5, 5.41) is 3.60. The van der Waals surface area contributed by atoms with E-state index in [4.69, 9.17) is 22.1 Å². The average Bonchev–Trinajstić information content (AvgIpc) is 2.33. The highest BCUT2D eigenvalue weighted by atomic mass is 79.9. The predicted molar refractivity (Wildman–Crippen MR) is 73.2 cm³/mol. The largest absolute Gasteiger partial charge is 0.467 e. The molecule has 0 atom stereocenters. The Hall–Kier alpha value is -1.60. The molecule has 0 saturated heterocycles. The molecule has 0 spiro atoms. The number of nitrogens with zero attached hydrogens (tertiary/aromatic N) is 3. The summed E-state index contributed by atoms with van der Waals surface area (Å²) in [7, 11) is 1.46. The highest BCUT2D eigenvalue weighted by Gasteiger charge is 2.05. The van der Waals surface area contributed by atoms with E-state index in [9.17, 15) is 0 Å². The number of hydrogen-bond donors (Lipinski definition) is 2. The first-order chi connectivity index (χ1) is 8.58. The van der Waals surface area contributed by atoms with E-state index in [1.165, 1.54) is 7.11 Å². The van der Waals surface area contributed by atoms with Crippen LogP contribution in [0, 0.1) is 0 Å². The molecule has 0 aliphatic heterocycles. The van der Waals surface area contributed by atoms with Gasteiger partial charge in [0, 0.05) is 10.2 Å². The number of nitrogens with two attached hydrogens (primary N) is 1. The number of rotatable bonds is 3. The van der Waals surface area contributed by atoms with Crippen molar-refractivity contribution in [2.45, 2.75) is 0 Å². The molecule has 6 nitrogen and oxygen atoms in total. The Bertz CT molecular complexity index is 580. The Balaban J connectivity index is 2.27. The van der Waals surface area contributed by atoms with Crippen molar-refractivity contribution in [1.29, 1.82) is 0 Å². The van der Waals surface area contributed by atoms with Crippen LogP contribution >= 0.6 is 27.5 Å². The maximum absolute atomic E-state index is 5.90. The zero-order valence-electron chi connectivity index (χ0n) is 9.32. The Kier molecular flexibility index (Phi) is 3.83. The third-order valence-corrected chi connectivity index (χ3v) is 3.20. The number of nitrogens with one attached hydrogen (secondary N) is 1. The molecule has 2 aromatic rings. The van der Waals surface area contributed by atoms with Crippen molar-refractivity contribution in [2.24, 2.45) is 0 Å². The van der Waals surface area contributed by atoms with E-state index in [-0.39, 0.29) is 12.0 Å². The van der Waals surface area contributed by atoms with Crippen molar-refractivity contribution < 1.29 is 4.74 Å². The fraction of sp³-hybridized carbons (Fsp3) is 0.100. The van der Waals surface area contributed by atoms with Gasteiger partial charge in [0.2, 0.25) is 11.9 Å². The van der Waals surface area contributed by atoms with E-state index < -0.39 is 0 Å². The zero-order chi connectivity index (χ0) is 13.1. The van der Waals surface area contributed by atoms with Gasteiger partial charge in [0.15, 0.2) is 0 Å². The maximum Gasteiger partial charge on any atom is 0.322 e. The molecule has 0 bridgehead atoms. The van der Waals surface area contributed by atoms with E-state index in [2.05, 4.69) is 36.2 Å². The predicted octanol–water partition coefficient (Wildman–Crippen LogP) is 2.62. The van der Waals surface area contributed by atoms with Crippen molar-refractivity contribution in [3.05, 3.63) is 27.7 Å². The van der Waals surface area contributed by atoms with Gasteiger partial charge < -0.3 is 15.8 Å². The molecule has 0 saturated carbocycles. The Morgan fingerprint density at radius 1 is 1.33 bits per heavy atom. The minimum absolute atomic E-state index is 0.0809. The molecule has 0 aliphatic rings. The normalized spacial score (nSPS) is 10.2. The summed E-state index contributed by atoms with van der Waals surface area (Å²) in [4.78, 5) is 11.7. The lowest BCUT2D eigenvalue weighted by molar-refractivity contribution is 0.380. The molecule has 3 N–H and O–H groups in total. The molecule has 0 unspecified atom stereocenters. The summed E-state index contributed by atoms with van der Waals surface area (Å²) in [6.07, 6.45) is 0. The van der Waals surface area contributed by atoms with Gasteiger partial charge in [-0.3, -0.25) is 0 Å². The second kappa shape index (κ2) is 5.36. The van der Waals surface area contributed by atoms with E-state index in [0.29, 0.717) is 11.0 Å². The van der Waals surface area contributed by atoms with Crippen LogP contribution in [0.15, 0.2) is 22.7 Å². The van der Waals surface area contributed by atoms with Crippen molar-refractivity contribution in [2.75, 3.05) is 18.2 Å². The van der Waals surface area contributed by atoms with Crippen molar-refractivity contribution >= 4 is 45.1 Å².